The van der Waals surface area contributed by atoms with Gasteiger partial charge in [0.1, 0.15) is 5.75 Å². The summed E-state index contributed by atoms with van der Waals surface area (Å²) in [6.45, 7) is 12.7. The molecule has 5 heteroatoms. The summed E-state index contributed by atoms with van der Waals surface area (Å²) >= 11 is 0. The van der Waals surface area contributed by atoms with Gasteiger partial charge in [-0.3, -0.25) is 0 Å². The fraction of sp³-hybridized carbons (Fsp3) is 0.816. The van der Waals surface area contributed by atoms with Crippen LogP contribution in [0, 0.1) is 0 Å². The van der Waals surface area contributed by atoms with Crippen molar-refractivity contribution >= 4 is 12.0 Å². The molecule has 0 saturated heterocycles. The highest BCUT2D eigenvalue weighted by atomic mass is 16.5. The third-order valence-electron chi connectivity index (χ3n) is 10.6. The number of carbonyl (C=O) groups excluding carboxylic acids is 1. The molecular formula is C49H88O5. The molecule has 0 N–H and O–H groups in total. The van der Waals surface area contributed by atoms with Crippen LogP contribution in [0.5, 0.6) is 17.2 Å². The van der Waals surface area contributed by atoms with Gasteiger partial charge in [-0.15, -0.1) is 0 Å². The summed E-state index contributed by atoms with van der Waals surface area (Å²) < 4.78 is 24.8. The van der Waals surface area contributed by atoms with Crippen LogP contribution in [0.15, 0.2) is 18.2 Å². The summed E-state index contributed by atoms with van der Waals surface area (Å²) in [5.41, 5.74) is 0.826. The number of unbranched alkanes of at least 4 members (excludes halogenated alkanes) is 27. The van der Waals surface area contributed by atoms with Crippen LogP contribution in [-0.2, 0) is 9.53 Å². The maximum absolute atomic E-state index is 12.6. The van der Waals surface area contributed by atoms with Gasteiger partial charge in [-0.2, -0.15) is 0 Å². The van der Waals surface area contributed by atoms with E-state index in [0.29, 0.717) is 19.8 Å². The Hall–Kier alpha value is -2.17. The quantitative estimate of drug-likeness (QED) is 0.0379. The van der Waals surface area contributed by atoms with Gasteiger partial charge in [0, 0.05) is 17.7 Å². The van der Waals surface area contributed by atoms with Crippen LogP contribution < -0.4 is 14.2 Å². The Morgan fingerprint density at radius 3 is 1.13 bits per heavy atom. The molecule has 0 fully saturated rings. The van der Waals surface area contributed by atoms with E-state index in [2.05, 4.69) is 20.8 Å². The van der Waals surface area contributed by atoms with E-state index in [0.717, 1.165) is 48.5 Å². The van der Waals surface area contributed by atoms with Gasteiger partial charge in [-0.05, 0) is 44.7 Å². The fourth-order valence-corrected chi connectivity index (χ4v) is 6.83. The first kappa shape index (κ1) is 49.8. The first-order chi connectivity index (χ1) is 26.5. The summed E-state index contributed by atoms with van der Waals surface area (Å²) in [5, 5.41) is 0. The maximum Gasteiger partial charge on any atom is 0.331 e. The first-order valence-corrected chi connectivity index (χ1v) is 23.5. The van der Waals surface area contributed by atoms with Crippen LogP contribution in [0.3, 0.4) is 0 Å². The van der Waals surface area contributed by atoms with Crippen molar-refractivity contribution in [1.29, 1.82) is 0 Å². The summed E-state index contributed by atoms with van der Waals surface area (Å²) in [6.07, 6.45) is 42.8. The van der Waals surface area contributed by atoms with Crippen LogP contribution in [-0.4, -0.2) is 31.9 Å². The maximum atomic E-state index is 12.6. The zero-order chi connectivity index (χ0) is 39.2. The minimum Gasteiger partial charge on any atom is -0.493 e. The number of rotatable bonds is 40. The van der Waals surface area contributed by atoms with E-state index < -0.39 is 0 Å². The molecule has 1 rings (SSSR count). The Bertz CT molecular complexity index is 1000. The fourth-order valence-electron chi connectivity index (χ4n) is 6.83. The minimum absolute atomic E-state index is 0.115. The van der Waals surface area contributed by atoms with E-state index >= 15 is 0 Å². The second-order valence-electron chi connectivity index (χ2n) is 15.9. The van der Waals surface area contributed by atoms with E-state index in [4.69, 9.17) is 18.9 Å². The normalized spacial score (nSPS) is 12.0. The van der Waals surface area contributed by atoms with Crippen LogP contribution in [0.2, 0.25) is 0 Å². The van der Waals surface area contributed by atoms with Crippen molar-refractivity contribution in [2.75, 3.05) is 19.8 Å². The van der Waals surface area contributed by atoms with Gasteiger partial charge < -0.3 is 18.9 Å². The first-order valence-electron chi connectivity index (χ1n) is 23.5. The predicted molar refractivity (Wildman–Crippen MR) is 233 cm³/mol. The van der Waals surface area contributed by atoms with Crippen molar-refractivity contribution in [1.82, 2.24) is 0 Å². The van der Waals surface area contributed by atoms with Gasteiger partial charge in [0.15, 0.2) is 11.5 Å². The third-order valence-corrected chi connectivity index (χ3v) is 10.6. The SMILES string of the molecule is CCCCCCCCCCCCOc1cc(OCCCCCCCCCCCC)c(OCCCCCCCCCCCC)cc1C=CC(=O)OC(C)CC. The topological polar surface area (TPSA) is 54.0 Å². The van der Waals surface area contributed by atoms with Crippen molar-refractivity contribution in [3.8, 4) is 17.2 Å². The molecule has 0 radical (unpaired) electrons. The molecule has 1 atom stereocenters. The van der Waals surface area contributed by atoms with Crippen molar-refractivity contribution in [2.24, 2.45) is 0 Å². The number of benzene rings is 1. The second-order valence-corrected chi connectivity index (χ2v) is 15.9. The third kappa shape index (κ3) is 29.2. The lowest BCUT2D eigenvalue weighted by atomic mass is 10.1. The second kappa shape index (κ2) is 37.7. The number of hydrogen-bond acceptors (Lipinski definition) is 5. The Labute approximate surface area is 335 Å². The van der Waals surface area contributed by atoms with E-state index in [1.54, 1.807) is 0 Å². The lowest BCUT2D eigenvalue weighted by Gasteiger charge is -2.17. The van der Waals surface area contributed by atoms with Gasteiger partial charge in [0.05, 0.1) is 25.9 Å². The molecule has 314 valence electrons. The van der Waals surface area contributed by atoms with Crippen LogP contribution >= 0.6 is 0 Å². The Balaban J connectivity index is 2.85. The molecule has 0 amide bonds. The zero-order valence-corrected chi connectivity index (χ0v) is 36.5. The molecule has 0 aliphatic carbocycles. The van der Waals surface area contributed by atoms with E-state index in [1.807, 2.05) is 32.1 Å². The van der Waals surface area contributed by atoms with Crippen LogP contribution in [0.25, 0.3) is 6.08 Å². The van der Waals surface area contributed by atoms with Crippen molar-refractivity contribution in [3.63, 3.8) is 0 Å². The summed E-state index contributed by atoms with van der Waals surface area (Å²) in [7, 11) is 0. The van der Waals surface area contributed by atoms with Gasteiger partial charge in [0.25, 0.3) is 0 Å². The number of esters is 1. The molecule has 1 aromatic rings. The smallest absolute Gasteiger partial charge is 0.331 e. The van der Waals surface area contributed by atoms with Crippen molar-refractivity contribution in [3.05, 3.63) is 23.8 Å². The lowest BCUT2D eigenvalue weighted by Crippen LogP contribution is -2.11. The van der Waals surface area contributed by atoms with Gasteiger partial charge in [0.2, 0.25) is 0 Å². The van der Waals surface area contributed by atoms with Gasteiger partial charge in [-0.1, -0.05) is 201 Å². The highest BCUT2D eigenvalue weighted by Crippen LogP contribution is 2.37. The Morgan fingerprint density at radius 1 is 0.463 bits per heavy atom. The highest BCUT2D eigenvalue weighted by molar-refractivity contribution is 5.88. The molecule has 0 aliphatic rings. The summed E-state index contributed by atoms with van der Waals surface area (Å²) in [4.78, 5) is 12.6. The number of ether oxygens (including phenoxy) is 4. The molecular weight excluding hydrogens is 669 g/mol. The molecule has 1 unspecified atom stereocenters. The molecule has 1 aromatic carbocycles. The Morgan fingerprint density at radius 2 is 0.778 bits per heavy atom. The molecule has 0 saturated carbocycles. The molecule has 54 heavy (non-hydrogen) atoms. The molecule has 0 aromatic heterocycles. The van der Waals surface area contributed by atoms with Crippen LogP contribution in [0.4, 0.5) is 0 Å². The average Bonchev–Trinajstić information content (AvgIpc) is 3.17. The summed E-state index contributed by atoms with van der Waals surface area (Å²) in [5.74, 6) is 1.89. The van der Waals surface area contributed by atoms with E-state index in [-0.39, 0.29) is 12.1 Å². The molecule has 5 nitrogen and oxygen atoms in total. The van der Waals surface area contributed by atoms with E-state index in [1.165, 1.54) is 179 Å². The average molecular weight is 757 g/mol. The van der Waals surface area contributed by atoms with Crippen molar-refractivity contribution < 1.29 is 23.7 Å². The highest BCUT2D eigenvalue weighted by Gasteiger charge is 2.14. The predicted octanol–water partition coefficient (Wildman–Crippen LogP) is 15.9. The zero-order valence-electron chi connectivity index (χ0n) is 36.5. The van der Waals surface area contributed by atoms with Gasteiger partial charge >= 0.3 is 5.97 Å². The summed E-state index contributed by atoms with van der Waals surface area (Å²) in [6, 6.07) is 4.01. The monoisotopic (exact) mass is 757 g/mol. The Kier molecular flexibility index (Phi) is 34.8. The van der Waals surface area contributed by atoms with Crippen molar-refractivity contribution in [2.45, 2.75) is 240 Å². The number of carbonyl (C=O) groups is 1. The molecule has 0 spiro atoms. The lowest BCUT2D eigenvalue weighted by molar-refractivity contribution is -0.142. The van der Waals surface area contributed by atoms with Gasteiger partial charge in [-0.25, -0.2) is 4.79 Å². The molecule has 0 heterocycles. The van der Waals surface area contributed by atoms with E-state index in [9.17, 15) is 4.79 Å². The minimum atomic E-state index is -0.334. The van der Waals surface area contributed by atoms with Crippen LogP contribution in [0.1, 0.15) is 239 Å². The molecule has 0 bridgehead atoms. The largest absolute Gasteiger partial charge is 0.493 e. The standard InChI is InChI=1S/C49H88O5/c1-6-10-13-16-19-22-25-28-31-34-39-51-46-43-48(53-41-36-33-30-27-24-21-18-15-12-8-3)47(42-45(46)37-38-49(50)54-44(5)9-4)52-40-35-32-29-26-23-20-17-14-11-7-2/h37-38,42-44H,6-36,39-41H2,1-5H3. The molecule has 0 aliphatic heterocycles. The number of hydrogen-bond donors (Lipinski definition) is 0.